The van der Waals surface area contributed by atoms with Gasteiger partial charge in [-0.25, -0.2) is 0 Å². The molecule has 0 aromatic heterocycles. The number of rotatable bonds is 9. The molecule has 0 saturated carbocycles. The monoisotopic (exact) mass is 551 g/mol. The lowest BCUT2D eigenvalue weighted by Crippen LogP contribution is -2.40. The number of esters is 1. The topological polar surface area (TPSA) is 127 Å². The highest BCUT2D eigenvalue weighted by Gasteiger charge is 2.52. The van der Waals surface area contributed by atoms with E-state index in [1.54, 1.807) is 12.1 Å². The van der Waals surface area contributed by atoms with Gasteiger partial charge in [-0.2, -0.15) is 0 Å². The quantitative estimate of drug-likeness (QED) is 0.399. The van der Waals surface area contributed by atoms with Crippen LogP contribution in [-0.2, 0) is 9.53 Å². The number of carbonyl (C=O) groups excluding carboxylic acids is 1. The Bertz CT molecular complexity index is 1150. The van der Waals surface area contributed by atoms with Crippen LogP contribution < -0.4 is 18.9 Å². The Labute approximate surface area is 227 Å². The van der Waals surface area contributed by atoms with Crippen molar-refractivity contribution in [1.29, 1.82) is 0 Å². The minimum atomic E-state index is -0.464. The largest absolute Gasteiger partial charge is 0.502 e. The van der Waals surface area contributed by atoms with Crippen LogP contribution in [0, 0.1) is 11.8 Å². The van der Waals surface area contributed by atoms with E-state index in [2.05, 4.69) is 0 Å². The maximum Gasteiger partial charge on any atom is 0.310 e. The van der Waals surface area contributed by atoms with Crippen LogP contribution in [-0.4, -0.2) is 86.7 Å². The normalized spacial score (nSPS) is 23.1. The third-order valence-electron chi connectivity index (χ3n) is 8.04. The summed E-state index contributed by atoms with van der Waals surface area (Å²) in [6.45, 7) is 0.729. The molecule has 10 nitrogen and oxygen atoms in total. The number of carbonyl (C=O) groups is 1. The molecule has 1 unspecified atom stereocenters. The lowest BCUT2D eigenvalue weighted by Gasteiger charge is -2.40. The van der Waals surface area contributed by atoms with Gasteiger partial charge in [0.15, 0.2) is 23.0 Å². The molecule has 1 saturated heterocycles. The molecule has 208 valence electrons. The molecule has 0 bridgehead atoms. The maximum absolute atomic E-state index is 13.2. The zero-order chi connectivity index (χ0) is 26.3. The summed E-state index contributed by atoms with van der Waals surface area (Å²) in [5, 5.41) is 29.7. The minimum Gasteiger partial charge on any atom is -0.502 e. The van der Waals surface area contributed by atoms with Gasteiger partial charge in [0, 0.05) is 11.8 Å². The van der Waals surface area contributed by atoms with Crippen molar-refractivity contribution in [2.45, 2.75) is 24.3 Å². The van der Waals surface area contributed by atoms with E-state index in [-0.39, 0.29) is 86.0 Å². The second kappa shape index (κ2) is 11.4. The number of phenolic OH excluding ortho intramolecular Hbond substituents is 1. The number of nitrogens with zero attached hydrogens (tertiary/aromatic N) is 1. The van der Waals surface area contributed by atoms with Crippen LogP contribution in [0.25, 0.3) is 0 Å². The zero-order valence-electron chi connectivity index (χ0n) is 21.6. The maximum atomic E-state index is 13.2. The van der Waals surface area contributed by atoms with Crippen LogP contribution in [0.15, 0.2) is 24.3 Å². The lowest BCUT2D eigenvalue weighted by molar-refractivity contribution is -0.141. The number of cyclic esters (lactones) is 1. The predicted molar refractivity (Wildman–Crippen MR) is 139 cm³/mol. The van der Waals surface area contributed by atoms with E-state index in [0.29, 0.717) is 24.5 Å². The van der Waals surface area contributed by atoms with Crippen LogP contribution in [0.5, 0.6) is 28.7 Å². The first-order valence-electron chi connectivity index (χ1n) is 12.4. The Hall–Kier alpha value is -2.92. The van der Waals surface area contributed by atoms with Gasteiger partial charge in [-0.05, 0) is 66.9 Å². The van der Waals surface area contributed by atoms with Gasteiger partial charge in [0.2, 0.25) is 12.5 Å². The van der Waals surface area contributed by atoms with Gasteiger partial charge in [0.1, 0.15) is 0 Å². The smallest absolute Gasteiger partial charge is 0.310 e. The van der Waals surface area contributed by atoms with Crippen molar-refractivity contribution >= 4 is 18.4 Å². The molecule has 0 spiro atoms. The summed E-state index contributed by atoms with van der Waals surface area (Å²) in [7, 11) is 4.80. The molecule has 1 fully saturated rings. The Morgan fingerprint density at radius 1 is 1.00 bits per heavy atom. The molecule has 4 atom stereocenters. The number of aromatic hydroxyl groups is 1. The van der Waals surface area contributed by atoms with Gasteiger partial charge >= 0.3 is 5.97 Å². The van der Waals surface area contributed by atoms with Crippen molar-refractivity contribution in [3.8, 4) is 28.7 Å². The highest BCUT2D eigenvalue weighted by Crippen LogP contribution is 2.56. The van der Waals surface area contributed by atoms with Crippen molar-refractivity contribution in [3.63, 3.8) is 0 Å². The summed E-state index contributed by atoms with van der Waals surface area (Å²) in [5.41, 5.74) is 2.72. The van der Waals surface area contributed by atoms with E-state index >= 15 is 0 Å². The number of halogens is 1. The molecular weight excluding hydrogens is 518 g/mol. The highest BCUT2D eigenvalue weighted by molar-refractivity contribution is 5.85. The minimum absolute atomic E-state index is 0. The number of ether oxygens (including phenoxy) is 5. The van der Waals surface area contributed by atoms with Crippen molar-refractivity contribution in [2.75, 3.05) is 54.4 Å². The molecule has 5 rings (SSSR count). The highest BCUT2D eigenvalue weighted by atomic mass is 35.5. The van der Waals surface area contributed by atoms with Crippen molar-refractivity contribution < 1.29 is 43.8 Å². The average molecular weight is 552 g/mol. The number of aliphatic hydroxyl groups is 2. The standard InChI is InChI=1S/C27H33NO9.ClH/c1-28(15(10-29)11-30)5-4-16-17-8-20-21(37-13-36-20)9-18(17)24(25-19(16)12-35-27(25)32)14-6-22(33-2)26(31)23(7-14)34-3;/h6-9,15-16,19,24-25,29-31H,4-5,10-13H2,1-3H3;1H/t16-,19?,24-,25+;/m1./s1. The van der Waals surface area contributed by atoms with Crippen molar-refractivity contribution in [1.82, 2.24) is 4.90 Å². The Kier molecular flexibility index (Phi) is 8.46. The molecule has 2 aliphatic heterocycles. The molecule has 2 aromatic rings. The molecule has 38 heavy (non-hydrogen) atoms. The van der Waals surface area contributed by atoms with Crippen LogP contribution >= 0.6 is 12.4 Å². The number of methoxy groups -OCH3 is 2. The third-order valence-corrected chi connectivity index (χ3v) is 8.04. The Morgan fingerprint density at radius 3 is 2.18 bits per heavy atom. The summed E-state index contributed by atoms with van der Waals surface area (Å²) < 4.78 is 27.9. The summed E-state index contributed by atoms with van der Waals surface area (Å²) >= 11 is 0. The lowest BCUT2D eigenvalue weighted by atomic mass is 9.62. The first-order valence-corrected chi connectivity index (χ1v) is 12.4. The van der Waals surface area contributed by atoms with E-state index in [9.17, 15) is 20.1 Å². The van der Waals surface area contributed by atoms with Crippen molar-refractivity contribution in [2.24, 2.45) is 11.8 Å². The first kappa shape index (κ1) is 28.1. The fraction of sp³-hybridized carbons (Fsp3) is 0.519. The molecule has 3 aliphatic rings. The summed E-state index contributed by atoms with van der Waals surface area (Å²) in [4.78, 5) is 15.2. The number of aliphatic hydroxyl groups excluding tert-OH is 2. The summed E-state index contributed by atoms with van der Waals surface area (Å²) in [6.07, 6.45) is 0.687. The van der Waals surface area contributed by atoms with E-state index in [4.69, 9.17) is 23.7 Å². The Balaban J connectivity index is 0.00000336. The van der Waals surface area contributed by atoms with E-state index in [1.807, 2.05) is 24.1 Å². The average Bonchev–Trinajstić information content (AvgIpc) is 3.52. The molecule has 2 aromatic carbocycles. The molecule has 0 amide bonds. The molecular formula is C27H34ClNO9. The van der Waals surface area contributed by atoms with Crippen LogP contribution in [0.1, 0.15) is 34.9 Å². The molecule has 3 N–H and O–H groups in total. The molecule has 1 aliphatic carbocycles. The van der Waals surface area contributed by atoms with Crippen molar-refractivity contribution in [3.05, 3.63) is 41.0 Å². The van der Waals surface area contributed by atoms with E-state index in [0.717, 1.165) is 16.7 Å². The number of hydrogen-bond donors (Lipinski definition) is 3. The van der Waals surface area contributed by atoms with Gasteiger partial charge in [0.05, 0.1) is 46.0 Å². The number of hydrogen-bond acceptors (Lipinski definition) is 10. The number of phenols is 1. The first-order chi connectivity index (χ1) is 17.9. The number of benzene rings is 2. The molecule has 0 radical (unpaired) electrons. The van der Waals surface area contributed by atoms with Crippen LogP contribution in [0.2, 0.25) is 0 Å². The van der Waals surface area contributed by atoms with Gasteiger partial charge < -0.3 is 39.0 Å². The van der Waals surface area contributed by atoms with Gasteiger partial charge in [0.25, 0.3) is 0 Å². The van der Waals surface area contributed by atoms with E-state index in [1.165, 1.54) is 14.2 Å². The van der Waals surface area contributed by atoms with Gasteiger partial charge in [-0.3, -0.25) is 9.69 Å². The third kappa shape index (κ3) is 4.70. The second-order valence-electron chi connectivity index (χ2n) is 9.80. The number of fused-ring (bicyclic) bond motifs is 3. The SMILES string of the molecule is COc1cc([C@@H]2c3cc4c(cc3[C@@H](CCN(C)C(CO)CO)C3COC(=O)[C@@H]32)OCO4)cc(OC)c1O.Cl. The fourth-order valence-corrected chi connectivity index (χ4v) is 6.00. The fourth-order valence-electron chi connectivity index (χ4n) is 6.00. The zero-order valence-corrected chi connectivity index (χ0v) is 22.4. The van der Waals surface area contributed by atoms with E-state index < -0.39 is 5.92 Å². The Morgan fingerprint density at radius 2 is 1.61 bits per heavy atom. The van der Waals surface area contributed by atoms with Crippen LogP contribution in [0.4, 0.5) is 0 Å². The number of likely N-dealkylation sites (N-methyl/N-ethyl adjacent to an activating group) is 1. The second-order valence-corrected chi connectivity index (χ2v) is 9.80. The molecule has 2 heterocycles. The summed E-state index contributed by atoms with van der Waals surface area (Å²) in [5.74, 6) is 0.412. The van der Waals surface area contributed by atoms with Gasteiger partial charge in [-0.15, -0.1) is 12.4 Å². The molecule has 11 heteroatoms. The van der Waals surface area contributed by atoms with Gasteiger partial charge in [-0.1, -0.05) is 0 Å². The predicted octanol–water partition coefficient (Wildman–Crippen LogP) is 2.25. The van der Waals surface area contributed by atoms with Crippen LogP contribution in [0.3, 0.4) is 0 Å². The summed E-state index contributed by atoms with van der Waals surface area (Å²) in [6, 6.07) is 7.05.